The molecule has 1 heterocycles. The van der Waals surface area contributed by atoms with Gasteiger partial charge >= 0.3 is 0 Å². The minimum Gasteiger partial charge on any atom is -0.396 e. The molecule has 0 aliphatic carbocycles. The molecule has 3 aromatic rings. The van der Waals surface area contributed by atoms with Crippen LogP contribution in [0.4, 0.5) is 11.4 Å². The molecule has 0 bridgehead atoms. The fourth-order valence-electron chi connectivity index (χ4n) is 3.51. The van der Waals surface area contributed by atoms with E-state index in [0.717, 1.165) is 11.3 Å². The van der Waals surface area contributed by atoms with E-state index in [-0.39, 0.29) is 23.9 Å². The van der Waals surface area contributed by atoms with Crippen molar-refractivity contribution in [3.8, 4) is 0 Å². The van der Waals surface area contributed by atoms with Crippen LogP contribution in [0.5, 0.6) is 0 Å². The molecule has 7 heteroatoms. The fraction of sp³-hybridized carbons (Fsp3) is 0.0800. The van der Waals surface area contributed by atoms with Gasteiger partial charge in [-0.2, -0.15) is 0 Å². The third-order valence-corrected chi connectivity index (χ3v) is 5.21. The number of carbonyl (C=O) groups is 3. The maximum Gasteiger partial charge on any atom is 0.257 e. The van der Waals surface area contributed by atoms with Gasteiger partial charge in [0.2, 0.25) is 5.91 Å². The highest BCUT2D eigenvalue weighted by Crippen LogP contribution is 2.33. The van der Waals surface area contributed by atoms with Gasteiger partial charge in [-0.1, -0.05) is 36.4 Å². The number of benzene rings is 3. The van der Waals surface area contributed by atoms with Gasteiger partial charge in [-0.3, -0.25) is 14.4 Å². The first kappa shape index (κ1) is 21.0. The SMILES string of the molecule is NC(=O)c1cccc(C(=O)c2ccc3c(c2)NC(=O)C3=CNc2ccc(CCO)cc2)c1. The molecule has 0 saturated heterocycles. The molecule has 3 aromatic carbocycles. The lowest BCUT2D eigenvalue weighted by Crippen LogP contribution is -2.12. The molecule has 0 atom stereocenters. The number of nitrogens with one attached hydrogen (secondary N) is 2. The van der Waals surface area contributed by atoms with Crippen molar-refractivity contribution < 1.29 is 19.5 Å². The standard InChI is InChI=1S/C25H21N3O4/c26-24(31)18-3-1-2-16(12-18)23(30)17-6-9-20-21(25(32)28-22(20)13-17)14-27-19-7-4-15(5-8-19)10-11-29/h1-9,12-14,27,29H,10-11H2,(H2,26,31)(H,28,32). The zero-order chi connectivity index (χ0) is 22.7. The van der Waals surface area contributed by atoms with E-state index in [9.17, 15) is 14.4 Å². The van der Waals surface area contributed by atoms with Crippen LogP contribution in [0.15, 0.2) is 72.9 Å². The third-order valence-electron chi connectivity index (χ3n) is 5.21. The van der Waals surface area contributed by atoms with Crippen molar-refractivity contribution in [3.63, 3.8) is 0 Å². The second kappa shape index (κ2) is 8.87. The Morgan fingerprint density at radius 1 is 0.969 bits per heavy atom. The minimum atomic E-state index is -0.605. The number of hydrogen-bond donors (Lipinski definition) is 4. The molecular formula is C25H21N3O4. The lowest BCUT2D eigenvalue weighted by molar-refractivity contribution is -0.110. The number of amides is 2. The smallest absolute Gasteiger partial charge is 0.257 e. The summed E-state index contributed by atoms with van der Waals surface area (Å²) in [5, 5.41) is 14.9. The van der Waals surface area contributed by atoms with Crippen LogP contribution in [0.2, 0.25) is 0 Å². The summed E-state index contributed by atoms with van der Waals surface area (Å²) in [7, 11) is 0. The molecule has 0 aromatic heterocycles. The predicted octanol–water partition coefficient (Wildman–Crippen LogP) is 2.96. The first-order valence-corrected chi connectivity index (χ1v) is 10.0. The number of rotatable bonds is 7. The summed E-state index contributed by atoms with van der Waals surface area (Å²) >= 11 is 0. The van der Waals surface area contributed by atoms with Crippen molar-refractivity contribution in [2.45, 2.75) is 6.42 Å². The van der Waals surface area contributed by atoms with Crippen LogP contribution in [-0.4, -0.2) is 29.3 Å². The van der Waals surface area contributed by atoms with E-state index in [0.29, 0.717) is 34.4 Å². The first-order chi connectivity index (χ1) is 15.5. The van der Waals surface area contributed by atoms with Crippen LogP contribution >= 0.6 is 0 Å². The van der Waals surface area contributed by atoms with E-state index in [1.54, 1.807) is 42.6 Å². The van der Waals surface area contributed by atoms with Crippen molar-refractivity contribution >= 4 is 34.5 Å². The van der Waals surface area contributed by atoms with Crippen molar-refractivity contribution in [2.24, 2.45) is 5.73 Å². The van der Waals surface area contributed by atoms with Crippen molar-refractivity contribution in [1.82, 2.24) is 0 Å². The maximum atomic E-state index is 12.9. The summed E-state index contributed by atoms with van der Waals surface area (Å²) in [5.74, 6) is -1.15. The summed E-state index contributed by atoms with van der Waals surface area (Å²) in [6.07, 6.45) is 2.21. The molecule has 0 fully saturated rings. The number of primary amides is 1. The Morgan fingerprint density at radius 3 is 2.41 bits per heavy atom. The number of fused-ring (bicyclic) bond motifs is 1. The van der Waals surface area contributed by atoms with E-state index in [2.05, 4.69) is 10.6 Å². The largest absolute Gasteiger partial charge is 0.396 e. The molecule has 0 radical (unpaired) electrons. The summed E-state index contributed by atoms with van der Waals surface area (Å²) in [5.41, 5.74) is 9.79. The molecule has 5 N–H and O–H groups in total. The fourth-order valence-corrected chi connectivity index (χ4v) is 3.51. The van der Waals surface area contributed by atoms with Crippen LogP contribution in [-0.2, 0) is 11.2 Å². The Bertz CT molecular complexity index is 1250. The van der Waals surface area contributed by atoms with Crippen LogP contribution in [0.3, 0.4) is 0 Å². The highest BCUT2D eigenvalue weighted by Gasteiger charge is 2.25. The predicted molar refractivity (Wildman–Crippen MR) is 122 cm³/mol. The monoisotopic (exact) mass is 427 g/mol. The van der Waals surface area contributed by atoms with Gasteiger partial charge in [-0.25, -0.2) is 0 Å². The highest BCUT2D eigenvalue weighted by atomic mass is 16.3. The van der Waals surface area contributed by atoms with Gasteiger partial charge in [-0.05, 0) is 42.3 Å². The van der Waals surface area contributed by atoms with Gasteiger partial charge in [-0.15, -0.1) is 0 Å². The van der Waals surface area contributed by atoms with E-state index >= 15 is 0 Å². The van der Waals surface area contributed by atoms with Gasteiger partial charge in [0.05, 0.1) is 5.57 Å². The Labute approximate surface area is 184 Å². The van der Waals surface area contributed by atoms with E-state index < -0.39 is 5.91 Å². The van der Waals surface area contributed by atoms with E-state index in [1.807, 2.05) is 24.3 Å². The molecule has 1 aliphatic rings. The van der Waals surface area contributed by atoms with Crippen LogP contribution in [0.25, 0.3) is 5.57 Å². The zero-order valence-corrected chi connectivity index (χ0v) is 17.1. The number of nitrogens with two attached hydrogens (primary N) is 1. The van der Waals surface area contributed by atoms with E-state index in [4.69, 9.17) is 10.8 Å². The third kappa shape index (κ3) is 4.28. The van der Waals surface area contributed by atoms with Gasteiger partial charge in [0.15, 0.2) is 5.78 Å². The molecule has 4 rings (SSSR count). The van der Waals surface area contributed by atoms with Crippen molar-refractivity contribution in [2.75, 3.05) is 17.2 Å². The zero-order valence-electron chi connectivity index (χ0n) is 17.1. The molecule has 32 heavy (non-hydrogen) atoms. The van der Waals surface area contributed by atoms with Crippen LogP contribution < -0.4 is 16.4 Å². The maximum absolute atomic E-state index is 12.9. The van der Waals surface area contributed by atoms with Gasteiger partial charge in [0.25, 0.3) is 5.91 Å². The summed E-state index contributed by atoms with van der Waals surface area (Å²) < 4.78 is 0. The van der Waals surface area contributed by atoms with Gasteiger partial charge in [0, 0.05) is 46.4 Å². The molecule has 160 valence electrons. The normalized spacial score (nSPS) is 13.5. The Morgan fingerprint density at radius 2 is 1.69 bits per heavy atom. The second-order valence-corrected chi connectivity index (χ2v) is 7.36. The van der Waals surface area contributed by atoms with Gasteiger partial charge < -0.3 is 21.5 Å². The topological polar surface area (TPSA) is 122 Å². The van der Waals surface area contributed by atoms with Crippen LogP contribution in [0.1, 0.15) is 37.4 Å². The van der Waals surface area contributed by atoms with E-state index in [1.165, 1.54) is 6.07 Å². The molecule has 0 unspecified atom stereocenters. The minimum absolute atomic E-state index is 0.0921. The lowest BCUT2D eigenvalue weighted by Gasteiger charge is -2.06. The average molecular weight is 427 g/mol. The number of carbonyl (C=O) groups excluding carboxylic acids is 3. The molecular weight excluding hydrogens is 406 g/mol. The number of ketones is 1. The van der Waals surface area contributed by atoms with Crippen molar-refractivity contribution in [3.05, 3.63) is 101 Å². The average Bonchev–Trinajstić information content (AvgIpc) is 3.12. The number of aliphatic hydroxyl groups excluding tert-OH is 1. The van der Waals surface area contributed by atoms with Crippen LogP contribution in [0, 0.1) is 0 Å². The quantitative estimate of drug-likeness (QED) is 0.341. The lowest BCUT2D eigenvalue weighted by atomic mass is 9.98. The molecule has 1 aliphatic heterocycles. The molecule has 0 saturated carbocycles. The summed E-state index contributed by atoms with van der Waals surface area (Å²) in [6.45, 7) is 0.0921. The highest BCUT2D eigenvalue weighted by molar-refractivity contribution is 6.32. The number of aliphatic hydroxyl groups is 1. The Hall–Kier alpha value is -4.23. The Kier molecular flexibility index (Phi) is 5.83. The number of hydrogen-bond acceptors (Lipinski definition) is 5. The first-order valence-electron chi connectivity index (χ1n) is 10.0. The summed E-state index contributed by atoms with van der Waals surface area (Å²) in [4.78, 5) is 36.7. The Balaban J connectivity index is 1.56. The number of anilines is 2. The second-order valence-electron chi connectivity index (χ2n) is 7.36. The molecule has 0 spiro atoms. The van der Waals surface area contributed by atoms with Gasteiger partial charge in [0.1, 0.15) is 0 Å². The molecule has 2 amide bonds. The van der Waals surface area contributed by atoms with Crippen molar-refractivity contribution in [1.29, 1.82) is 0 Å². The molecule has 7 nitrogen and oxygen atoms in total. The summed E-state index contributed by atoms with van der Waals surface area (Å²) in [6, 6.07) is 18.8.